The lowest BCUT2D eigenvalue weighted by molar-refractivity contribution is -0.440. The van der Waals surface area contributed by atoms with Crippen molar-refractivity contribution in [3.8, 4) is 0 Å². The van der Waals surface area contributed by atoms with Crippen LogP contribution < -0.4 is 0 Å². The number of halogens is 13. The fraction of sp³-hybridized carbons (Fsp3) is 0.600. The zero-order chi connectivity index (χ0) is 24.7. The van der Waals surface area contributed by atoms with Gasteiger partial charge in [-0.15, -0.1) is 0 Å². The number of hydrogen-bond acceptors (Lipinski definition) is 2. The third kappa shape index (κ3) is 4.78. The molecule has 2 atom stereocenters. The summed E-state index contributed by atoms with van der Waals surface area (Å²) in [6.07, 6.45) is -13.1. The molecule has 16 heteroatoms. The van der Waals surface area contributed by atoms with E-state index in [2.05, 4.69) is 0 Å². The second-order valence-electron chi connectivity index (χ2n) is 6.18. The highest BCUT2D eigenvalue weighted by molar-refractivity contribution is 7.85. The molecule has 1 N–H and O–H groups in total. The van der Waals surface area contributed by atoms with Crippen molar-refractivity contribution in [2.45, 2.75) is 53.2 Å². The van der Waals surface area contributed by atoms with E-state index in [1.54, 1.807) is 0 Å². The summed E-state index contributed by atoms with van der Waals surface area (Å²) in [6, 6.07) is 6.23. The Bertz CT molecular complexity index is 777. The van der Waals surface area contributed by atoms with Crippen molar-refractivity contribution in [1.82, 2.24) is 0 Å². The summed E-state index contributed by atoms with van der Waals surface area (Å²) in [5.74, 6) is -38.9. The van der Waals surface area contributed by atoms with Crippen LogP contribution in [0, 0.1) is 0 Å². The summed E-state index contributed by atoms with van der Waals surface area (Å²) >= 11 is 0. The van der Waals surface area contributed by atoms with Crippen LogP contribution in [0.5, 0.6) is 0 Å². The number of hydrogen-bond donors (Lipinski definition) is 1. The fourth-order valence-corrected chi connectivity index (χ4v) is 3.25. The molecule has 1 rings (SSSR count). The first kappa shape index (κ1) is 27.5. The van der Waals surface area contributed by atoms with Gasteiger partial charge in [-0.2, -0.15) is 57.1 Å². The molecule has 0 aliphatic carbocycles. The average molecular weight is 502 g/mol. The van der Waals surface area contributed by atoms with E-state index >= 15 is 0 Å². The molecule has 0 saturated carbocycles. The quantitative estimate of drug-likeness (QED) is 0.467. The zero-order valence-electron chi connectivity index (χ0n) is 14.6. The molecule has 0 fully saturated rings. The van der Waals surface area contributed by atoms with Gasteiger partial charge in [-0.1, -0.05) is 18.2 Å². The van der Waals surface area contributed by atoms with Crippen molar-refractivity contribution in [1.29, 1.82) is 0 Å². The van der Waals surface area contributed by atoms with Crippen LogP contribution in [0.4, 0.5) is 57.1 Å². The van der Waals surface area contributed by atoms with E-state index in [0.29, 0.717) is 0 Å². The van der Waals surface area contributed by atoms with E-state index in [4.69, 9.17) is 0 Å². The molecular weight excluding hydrogens is 491 g/mol. The number of alkyl halides is 13. The van der Waals surface area contributed by atoms with Crippen LogP contribution in [-0.4, -0.2) is 57.0 Å². The summed E-state index contributed by atoms with van der Waals surface area (Å²) in [6.45, 7) is 0. The van der Waals surface area contributed by atoms with Gasteiger partial charge in [0.1, 0.15) is 0 Å². The lowest BCUT2D eigenvalue weighted by atomic mass is 9.91. The lowest BCUT2D eigenvalue weighted by Gasteiger charge is -2.40. The highest BCUT2D eigenvalue weighted by Crippen LogP contribution is 2.60. The van der Waals surface area contributed by atoms with E-state index < -0.39 is 64.9 Å². The van der Waals surface area contributed by atoms with Crippen LogP contribution in [-0.2, 0) is 10.8 Å². The second-order valence-corrected chi connectivity index (χ2v) is 7.68. The summed E-state index contributed by atoms with van der Waals surface area (Å²) in [5.41, 5.74) is 0. The maximum Gasteiger partial charge on any atom is 0.460 e. The first-order valence-electron chi connectivity index (χ1n) is 7.71. The molecule has 0 saturated heterocycles. The van der Waals surface area contributed by atoms with Gasteiger partial charge < -0.3 is 5.11 Å². The number of rotatable bonds is 9. The molecule has 0 spiro atoms. The number of aliphatic hydroxyl groups excluding tert-OH is 1. The predicted octanol–water partition coefficient (Wildman–Crippen LogP) is 5.28. The topological polar surface area (TPSA) is 37.3 Å². The van der Waals surface area contributed by atoms with E-state index in [9.17, 15) is 66.4 Å². The van der Waals surface area contributed by atoms with E-state index in [1.807, 2.05) is 0 Å². The molecule has 0 aromatic heterocycles. The first-order chi connectivity index (χ1) is 13.6. The van der Waals surface area contributed by atoms with Crippen molar-refractivity contribution in [2.75, 3.05) is 5.75 Å². The Balaban J connectivity index is 3.17. The SMILES string of the molecule is O=S(CC(O)CC(F)(F)C(F)(F)C(F)(F)C(F)(F)C(F)(F)C(F)(F)F)c1ccccc1. The molecule has 0 amide bonds. The largest absolute Gasteiger partial charge is 0.460 e. The van der Waals surface area contributed by atoms with Gasteiger partial charge >= 0.3 is 35.8 Å². The number of benzene rings is 1. The van der Waals surface area contributed by atoms with Crippen molar-refractivity contribution in [3.63, 3.8) is 0 Å². The van der Waals surface area contributed by atoms with Crippen molar-refractivity contribution >= 4 is 10.8 Å². The minimum Gasteiger partial charge on any atom is -0.392 e. The van der Waals surface area contributed by atoms with Gasteiger partial charge in [-0.05, 0) is 12.1 Å². The number of aliphatic hydroxyl groups is 1. The van der Waals surface area contributed by atoms with Crippen molar-refractivity contribution in [2.24, 2.45) is 0 Å². The minimum absolute atomic E-state index is 0.140. The van der Waals surface area contributed by atoms with E-state index in [0.717, 1.165) is 12.1 Å². The monoisotopic (exact) mass is 502 g/mol. The van der Waals surface area contributed by atoms with Crippen molar-refractivity contribution in [3.05, 3.63) is 30.3 Å². The summed E-state index contributed by atoms with van der Waals surface area (Å²) in [5, 5.41) is 9.37. The van der Waals surface area contributed by atoms with E-state index in [-0.39, 0.29) is 4.90 Å². The van der Waals surface area contributed by atoms with Gasteiger partial charge in [-0.3, -0.25) is 4.21 Å². The smallest absolute Gasteiger partial charge is 0.392 e. The highest BCUT2D eigenvalue weighted by atomic mass is 32.2. The van der Waals surface area contributed by atoms with Crippen LogP contribution in [0.3, 0.4) is 0 Å². The molecule has 0 radical (unpaired) electrons. The molecule has 2 nitrogen and oxygen atoms in total. The fourth-order valence-electron chi connectivity index (χ4n) is 2.13. The van der Waals surface area contributed by atoms with Crippen LogP contribution in [0.25, 0.3) is 0 Å². The van der Waals surface area contributed by atoms with Gasteiger partial charge in [0.25, 0.3) is 0 Å². The molecule has 31 heavy (non-hydrogen) atoms. The Kier molecular flexibility index (Phi) is 7.44. The maximum absolute atomic E-state index is 13.7. The summed E-state index contributed by atoms with van der Waals surface area (Å²) in [4.78, 5) is -0.140. The zero-order valence-corrected chi connectivity index (χ0v) is 15.4. The molecule has 1 aromatic rings. The Morgan fingerprint density at radius 3 is 1.55 bits per heavy atom. The predicted molar refractivity (Wildman–Crippen MR) is 79.1 cm³/mol. The van der Waals surface area contributed by atoms with Crippen LogP contribution in [0.15, 0.2) is 35.2 Å². The highest BCUT2D eigenvalue weighted by Gasteiger charge is 2.90. The average Bonchev–Trinajstić information content (AvgIpc) is 2.60. The standard InChI is InChI=1S/C15H11F13O2S/c16-10(17,6-8(29)7-31(30)9-4-2-1-3-5-9)11(18,19)12(20,21)13(22,23)14(24,25)15(26,27)28/h1-5,8,29H,6-7H2. The van der Waals surface area contributed by atoms with Crippen LogP contribution in [0.2, 0.25) is 0 Å². The minimum atomic E-state index is -8.00. The third-order valence-corrected chi connectivity index (χ3v) is 5.33. The van der Waals surface area contributed by atoms with E-state index in [1.165, 1.54) is 18.2 Å². The Morgan fingerprint density at radius 2 is 1.13 bits per heavy atom. The molecular formula is C15H11F13O2S. The maximum atomic E-state index is 13.7. The van der Waals surface area contributed by atoms with Crippen molar-refractivity contribution < 1.29 is 66.4 Å². The van der Waals surface area contributed by atoms with Crippen LogP contribution >= 0.6 is 0 Å². The van der Waals surface area contributed by atoms with Gasteiger partial charge in [0.05, 0.1) is 22.7 Å². The summed E-state index contributed by atoms with van der Waals surface area (Å²) in [7, 11) is -2.37. The van der Waals surface area contributed by atoms with Crippen LogP contribution in [0.1, 0.15) is 6.42 Å². The van der Waals surface area contributed by atoms with Gasteiger partial charge in [0.15, 0.2) is 0 Å². The lowest BCUT2D eigenvalue weighted by Crippen LogP contribution is -2.70. The molecule has 0 aliphatic heterocycles. The van der Waals surface area contributed by atoms with Gasteiger partial charge in [0, 0.05) is 11.3 Å². The first-order valence-corrected chi connectivity index (χ1v) is 9.02. The van der Waals surface area contributed by atoms with Gasteiger partial charge in [0.2, 0.25) is 0 Å². The molecule has 180 valence electrons. The summed E-state index contributed by atoms with van der Waals surface area (Å²) < 4.78 is 181. The third-order valence-electron chi connectivity index (χ3n) is 3.84. The molecule has 0 heterocycles. The Morgan fingerprint density at radius 1 is 0.710 bits per heavy atom. The molecule has 2 unspecified atom stereocenters. The Hall–Kier alpha value is -1.58. The molecule has 0 bridgehead atoms. The molecule has 0 aliphatic rings. The second kappa shape index (κ2) is 8.41. The Labute approximate surface area is 167 Å². The molecule has 1 aromatic carbocycles. The van der Waals surface area contributed by atoms with Gasteiger partial charge in [-0.25, -0.2) is 0 Å². The normalized spacial score (nSPS) is 16.8.